The van der Waals surface area contributed by atoms with Gasteiger partial charge in [-0.05, 0) is 67.6 Å². The fourth-order valence-corrected chi connectivity index (χ4v) is 4.32. The summed E-state index contributed by atoms with van der Waals surface area (Å²) in [6.45, 7) is 2.28. The number of nitrogens with one attached hydrogen (secondary N) is 2. The molecule has 31 heavy (non-hydrogen) atoms. The smallest absolute Gasteiger partial charge is 0.319 e. The molecule has 0 aliphatic heterocycles. The largest absolute Gasteiger partial charge is 0.469 e. The van der Waals surface area contributed by atoms with Crippen molar-refractivity contribution in [2.24, 2.45) is 0 Å². The molecular weight excluding hydrogens is 458 g/mol. The number of hydrogen-bond acceptors (Lipinski definition) is 4. The van der Waals surface area contributed by atoms with Gasteiger partial charge in [0.15, 0.2) is 0 Å². The summed E-state index contributed by atoms with van der Waals surface area (Å²) in [6, 6.07) is 16.3. The molecule has 0 bridgehead atoms. The highest BCUT2D eigenvalue weighted by Gasteiger charge is 2.27. The maximum Gasteiger partial charge on any atom is 0.319 e. The highest BCUT2D eigenvalue weighted by atomic mass is 79.9. The zero-order valence-corrected chi connectivity index (χ0v) is 19.5. The summed E-state index contributed by atoms with van der Waals surface area (Å²) < 4.78 is 5.75. The first kappa shape index (κ1) is 23.3. The van der Waals surface area contributed by atoms with E-state index in [1.807, 2.05) is 24.3 Å². The van der Waals surface area contributed by atoms with E-state index in [2.05, 4.69) is 55.7 Å². The number of nitrogens with zero attached hydrogens (tertiary/aromatic N) is 1. The maximum atomic E-state index is 12.1. The van der Waals surface area contributed by atoms with E-state index in [-0.39, 0.29) is 12.0 Å². The van der Waals surface area contributed by atoms with E-state index >= 15 is 0 Å². The molecular formula is C24H30BrN3O3. The van der Waals surface area contributed by atoms with Crippen molar-refractivity contribution in [3.8, 4) is 0 Å². The third-order valence-corrected chi connectivity index (χ3v) is 6.13. The number of hydrogen-bond donors (Lipinski definition) is 2. The second kappa shape index (κ2) is 11.9. The molecule has 3 rings (SSSR count). The molecule has 7 heteroatoms. The third kappa shape index (κ3) is 7.08. The molecule has 2 aromatic carbocycles. The van der Waals surface area contributed by atoms with Gasteiger partial charge in [0.25, 0.3) is 0 Å². The SMILES string of the molecule is COC(=O)CCCN(CCCNC(=O)Nc1ccc(Br)cc1)C1CCc2ccccc21. The number of aryl methyl sites for hydroxylation is 1. The standard InChI is InChI=1S/C24H30BrN3O3/c1-31-23(29)8-4-16-28(22-14-9-18-6-2-3-7-21(18)22)17-5-15-26-24(30)27-20-12-10-19(25)11-13-20/h2-3,6-7,10-13,22H,4-5,8-9,14-17H2,1H3,(H2,26,27,30). The Kier molecular flexibility index (Phi) is 8.91. The van der Waals surface area contributed by atoms with Crippen LogP contribution in [0.25, 0.3) is 0 Å². The molecule has 0 spiro atoms. The van der Waals surface area contributed by atoms with Crippen molar-refractivity contribution in [2.75, 3.05) is 32.1 Å². The van der Waals surface area contributed by atoms with E-state index < -0.39 is 0 Å². The molecule has 1 aliphatic carbocycles. The van der Waals surface area contributed by atoms with Gasteiger partial charge in [-0.25, -0.2) is 4.79 Å². The Labute approximate surface area is 192 Å². The lowest BCUT2D eigenvalue weighted by Gasteiger charge is -2.29. The third-order valence-electron chi connectivity index (χ3n) is 5.61. The average Bonchev–Trinajstić information content (AvgIpc) is 3.21. The van der Waals surface area contributed by atoms with E-state index in [9.17, 15) is 9.59 Å². The Balaban J connectivity index is 1.49. The summed E-state index contributed by atoms with van der Waals surface area (Å²) in [5.41, 5.74) is 3.56. The van der Waals surface area contributed by atoms with Gasteiger partial charge in [0.2, 0.25) is 0 Å². The summed E-state index contributed by atoms with van der Waals surface area (Å²) >= 11 is 3.39. The van der Waals surface area contributed by atoms with Gasteiger partial charge in [-0.15, -0.1) is 0 Å². The number of anilines is 1. The fraction of sp³-hybridized carbons (Fsp3) is 0.417. The van der Waals surface area contributed by atoms with Crippen molar-refractivity contribution in [1.82, 2.24) is 10.2 Å². The summed E-state index contributed by atoms with van der Waals surface area (Å²) in [5.74, 6) is -0.168. The van der Waals surface area contributed by atoms with Crippen LogP contribution in [0.5, 0.6) is 0 Å². The molecule has 2 N–H and O–H groups in total. The van der Waals surface area contributed by atoms with Crippen molar-refractivity contribution in [2.45, 2.75) is 38.1 Å². The maximum absolute atomic E-state index is 12.1. The Bertz CT molecular complexity index is 873. The number of benzene rings is 2. The Morgan fingerprint density at radius 3 is 2.61 bits per heavy atom. The highest BCUT2D eigenvalue weighted by molar-refractivity contribution is 9.10. The molecule has 0 saturated heterocycles. The van der Waals surface area contributed by atoms with E-state index in [0.717, 1.165) is 48.9 Å². The van der Waals surface area contributed by atoms with Crippen LogP contribution in [0.2, 0.25) is 0 Å². The molecule has 0 radical (unpaired) electrons. The van der Waals surface area contributed by atoms with Crippen molar-refractivity contribution in [1.29, 1.82) is 0 Å². The minimum absolute atomic E-state index is 0.168. The number of carbonyl (C=O) groups is 2. The predicted octanol–water partition coefficient (Wildman–Crippen LogP) is 4.90. The molecule has 0 saturated carbocycles. The van der Waals surface area contributed by atoms with E-state index in [4.69, 9.17) is 4.74 Å². The average molecular weight is 488 g/mol. The minimum atomic E-state index is -0.203. The van der Waals surface area contributed by atoms with Gasteiger partial charge < -0.3 is 15.4 Å². The first-order chi connectivity index (χ1) is 15.1. The molecule has 2 aromatic rings. The topological polar surface area (TPSA) is 70.7 Å². The molecule has 0 heterocycles. The normalized spacial score (nSPS) is 14.9. The lowest BCUT2D eigenvalue weighted by atomic mass is 10.1. The monoisotopic (exact) mass is 487 g/mol. The predicted molar refractivity (Wildman–Crippen MR) is 126 cm³/mol. The highest BCUT2D eigenvalue weighted by Crippen LogP contribution is 2.35. The molecule has 6 nitrogen and oxygen atoms in total. The van der Waals surface area contributed by atoms with Crippen molar-refractivity contribution < 1.29 is 14.3 Å². The quantitative estimate of drug-likeness (QED) is 0.369. The van der Waals surface area contributed by atoms with Gasteiger partial charge >= 0.3 is 12.0 Å². The van der Waals surface area contributed by atoms with Crippen LogP contribution < -0.4 is 10.6 Å². The summed E-state index contributed by atoms with van der Waals surface area (Å²) in [7, 11) is 1.43. The summed E-state index contributed by atoms with van der Waals surface area (Å²) in [6.07, 6.45) is 4.21. The molecule has 2 amide bonds. The summed E-state index contributed by atoms with van der Waals surface area (Å²) in [4.78, 5) is 26.1. The van der Waals surface area contributed by atoms with Gasteiger partial charge in [-0.1, -0.05) is 40.2 Å². The van der Waals surface area contributed by atoms with Gasteiger partial charge in [-0.2, -0.15) is 0 Å². The lowest BCUT2D eigenvalue weighted by Crippen LogP contribution is -2.34. The van der Waals surface area contributed by atoms with Crippen LogP contribution in [0, 0.1) is 0 Å². The second-order valence-electron chi connectivity index (χ2n) is 7.71. The Hall–Kier alpha value is -2.38. The number of halogens is 1. The van der Waals surface area contributed by atoms with Crippen LogP contribution in [-0.2, 0) is 16.0 Å². The van der Waals surface area contributed by atoms with Gasteiger partial charge in [-0.3, -0.25) is 9.69 Å². The minimum Gasteiger partial charge on any atom is -0.469 e. The molecule has 0 aromatic heterocycles. The molecule has 0 fully saturated rings. The number of amides is 2. The van der Waals surface area contributed by atoms with Gasteiger partial charge in [0, 0.05) is 35.7 Å². The van der Waals surface area contributed by atoms with Crippen LogP contribution in [-0.4, -0.2) is 43.6 Å². The van der Waals surface area contributed by atoms with Crippen molar-refractivity contribution >= 4 is 33.6 Å². The first-order valence-corrected chi connectivity index (χ1v) is 11.5. The Morgan fingerprint density at radius 2 is 1.84 bits per heavy atom. The van der Waals surface area contributed by atoms with Gasteiger partial charge in [0.05, 0.1) is 7.11 Å². The number of urea groups is 1. The van der Waals surface area contributed by atoms with Crippen molar-refractivity contribution in [3.63, 3.8) is 0 Å². The number of carbonyl (C=O) groups excluding carboxylic acids is 2. The molecule has 1 aliphatic rings. The number of ether oxygens (including phenoxy) is 1. The molecule has 1 unspecified atom stereocenters. The Morgan fingerprint density at radius 1 is 1.10 bits per heavy atom. The lowest BCUT2D eigenvalue weighted by molar-refractivity contribution is -0.140. The second-order valence-corrected chi connectivity index (χ2v) is 8.63. The first-order valence-electron chi connectivity index (χ1n) is 10.8. The van der Waals surface area contributed by atoms with Crippen LogP contribution in [0.3, 0.4) is 0 Å². The van der Waals surface area contributed by atoms with Crippen molar-refractivity contribution in [3.05, 3.63) is 64.1 Å². The zero-order chi connectivity index (χ0) is 22.1. The number of methoxy groups -OCH3 is 1. The van der Waals surface area contributed by atoms with Crippen LogP contribution in [0.15, 0.2) is 53.0 Å². The van der Waals surface area contributed by atoms with Gasteiger partial charge in [0.1, 0.15) is 0 Å². The number of rotatable bonds is 10. The zero-order valence-electron chi connectivity index (χ0n) is 17.9. The fourth-order valence-electron chi connectivity index (χ4n) is 4.06. The van der Waals surface area contributed by atoms with Crippen LogP contribution >= 0.6 is 15.9 Å². The van der Waals surface area contributed by atoms with E-state index in [1.54, 1.807) is 0 Å². The van der Waals surface area contributed by atoms with Crippen LogP contribution in [0.1, 0.15) is 42.9 Å². The molecule has 1 atom stereocenters. The number of esters is 1. The number of fused-ring (bicyclic) bond motifs is 1. The summed E-state index contributed by atoms with van der Waals surface area (Å²) in [5, 5.41) is 5.77. The molecule has 166 valence electrons. The van der Waals surface area contributed by atoms with E-state index in [1.165, 1.54) is 18.2 Å². The van der Waals surface area contributed by atoms with Crippen LogP contribution in [0.4, 0.5) is 10.5 Å². The van der Waals surface area contributed by atoms with E-state index in [0.29, 0.717) is 19.0 Å².